The van der Waals surface area contributed by atoms with E-state index in [9.17, 15) is 4.39 Å². The molecule has 6 heteroatoms. The van der Waals surface area contributed by atoms with Gasteiger partial charge in [-0.3, -0.25) is 0 Å². The summed E-state index contributed by atoms with van der Waals surface area (Å²) in [6, 6.07) is 4.60. The van der Waals surface area contributed by atoms with Gasteiger partial charge in [0.05, 0.1) is 10.0 Å². The molecule has 1 aromatic heterocycles. The number of hydrogen-bond acceptors (Lipinski definition) is 4. The highest BCUT2D eigenvalue weighted by Gasteiger charge is 2.12. The van der Waals surface area contributed by atoms with Gasteiger partial charge in [0.2, 0.25) is 5.88 Å². The average molecular weight is 340 g/mol. The molecule has 1 heterocycles. The van der Waals surface area contributed by atoms with Crippen LogP contribution in [0.2, 0.25) is 0 Å². The van der Waals surface area contributed by atoms with E-state index in [1.807, 2.05) is 13.8 Å². The van der Waals surface area contributed by atoms with Gasteiger partial charge in [-0.1, -0.05) is 6.92 Å². The number of anilines is 1. The molecule has 106 valence electrons. The molecular weight excluding hydrogens is 325 g/mol. The fraction of sp³-hybridized carbons (Fsp3) is 0.286. The largest absolute Gasteiger partial charge is 0.438 e. The molecule has 0 aliphatic rings. The first-order chi connectivity index (χ1) is 9.65. The van der Waals surface area contributed by atoms with Crippen LogP contribution in [0.15, 0.2) is 29.0 Å². The van der Waals surface area contributed by atoms with E-state index in [1.165, 1.54) is 12.4 Å². The van der Waals surface area contributed by atoms with E-state index < -0.39 is 0 Å². The molecule has 0 radical (unpaired) electrons. The number of aromatic nitrogens is 2. The lowest BCUT2D eigenvalue weighted by Gasteiger charge is -2.12. The van der Waals surface area contributed by atoms with Gasteiger partial charge in [-0.05, 0) is 41.4 Å². The Hall–Kier alpha value is -1.69. The molecule has 1 N–H and O–H groups in total. The summed E-state index contributed by atoms with van der Waals surface area (Å²) < 4.78 is 19.6. The Morgan fingerprint density at radius 2 is 2.10 bits per heavy atom. The van der Waals surface area contributed by atoms with Crippen LogP contribution >= 0.6 is 15.9 Å². The van der Waals surface area contributed by atoms with E-state index in [0.29, 0.717) is 16.1 Å². The molecule has 4 nitrogen and oxygen atoms in total. The molecule has 0 aliphatic heterocycles. The quantitative estimate of drug-likeness (QED) is 0.888. The van der Waals surface area contributed by atoms with Crippen molar-refractivity contribution in [2.45, 2.75) is 20.3 Å². The van der Waals surface area contributed by atoms with Crippen molar-refractivity contribution in [3.63, 3.8) is 0 Å². The van der Waals surface area contributed by atoms with E-state index in [1.54, 1.807) is 12.1 Å². The molecule has 0 bridgehead atoms. The zero-order chi connectivity index (χ0) is 14.5. The smallest absolute Gasteiger partial charge is 0.227 e. The first-order valence-electron chi connectivity index (χ1n) is 6.36. The SMILES string of the molecule is CCNc1ncnc(Oc2ccc(Br)c(F)c2)c1CC. The molecule has 0 aliphatic carbocycles. The monoisotopic (exact) mass is 339 g/mol. The zero-order valence-corrected chi connectivity index (χ0v) is 12.9. The molecular formula is C14H15BrFN3O. The summed E-state index contributed by atoms with van der Waals surface area (Å²) >= 11 is 3.11. The van der Waals surface area contributed by atoms with Gasteiger partial charge < -0.3 is 10.1 Å². The van der Waals surface area contributed by atoms with Gasteiger partial charge in [-0.25, -0.2) is 14.4 Å². The highest BCUT2D eigenvalue weighted by molar-refractivity contribution is 9.10. The highest BCUT2D eigenvalue weighted by atomic mass is 79.9. The fourth-order valence-electron chi connectivity index (χ4n) is 1.77. The maximum atomic E-state index is 13.5. The molecule has 0 spiro atoms. The Balaban J connectivity index is 2.32. The summed E-state index contributed by atoms with van der Waals surface area (Å²) in [5, 5.41) is 3.16. The second-order valence-corrected chi connectivity index (χ2v) is 4.92. The van der Waals surface area contributed by atoms with Crippen molar-refractivity contribution in [3.05, 3.63) is 40.4 Å². The molecule has 0 atom stereocenters. The van der Waals surface area contributed by atoms with Gasteiger partial charge in [0.25, 0.3) is 0 Å². The zero-order valence-electron chi connectivity index (χ0n) is 11.3. The number of hydrogen-bond donors (Lipinski definition) is 1. The van der Waals surface area contributed by atoms with Crippen LogP contribution in [0.25, 0.3) is 0 Å². The predicted molar refractivity (Wildman–Crippen MR) is 79.7 cm³/mol. The number of ether oxygens (including phenoxy) is 1. The summed E-state index contributed by atoms with van der Waals surface area (Å²) in [6.07, 6.45) is 2.15. The summed E-state index contributed by atoms with van der Waals surface area (Å²) in [4.78, 5) is 8.32. The maximum Gasteiger partial charge on any atom is 0.227 e. The molecule has 2 aromatic rings. The third-order valence-corrected chi connectivity index (χ3v) is 3.35. The third kappa shape index (κ3) is 3.25. The van der Waals surface area contributed by atoms with E-state index in [4.69, 9.17) is 4.74 Å². The lowest BCUT2D eigenvalue weighted by molar-refractivity contribution is 0.450. The standard InChI is InChI=1S/C14H15BrFN3O/c1-3-10-13(17-4-2)18-8-19-14(10)20-9-5-6-11(15)12(16)7-9/h5-8H,3-4H2,1-2H3,(H,17,18,19). The lowest BCUT2D eigenvalue weighted by Crippen LogP contribution is -2.05. The number of rotatable bonds is 5. The minimum atomic E-state index is -0.374. The van der Waals surface area contributed by atoms with Crippen molar-refractivity contribution in [1.82, 2.24) is 9.97 Å². The van der Waals surface area contributed by atoms with Crippen molar-refractivity contribution in [2.75, 3.05) is 11.9 Å². The molecule has 0 unspecified atom stereocenters. The van der Waals surface area contributed by atoms with Crippen molar-refractivity contribution in [2.24, 2.45) is 0 Å². The van der Waals surface area contributed by atoms with Gasteiger partial charge in [0.1, 0.15) is 23.7 Å². The van der Waals surface area contributed by atoms with Crippen LogP contribution in [-0.4, -0.2) is 16.5 Å². The summed E-state index contributed by atoms with van der Waals surface area (Å²) in [6.45, 7) is 4.75. The first-order valence-corrected chi connectivity index (χ1v) is 7.15. The van der Waals surface area contributed by atoms with Crippen LogP contribution in [0.4, 0.5) is 10.2 Å². The molecule has 0 saturated heterocycles. The minimum Gasteiger partial charge on any atom is -0.438 e. The molecule has 0 saturated carbocycles. The Labute approximate surface area is 125 Å². The maximum absolute atomic E-state index is 13.5. The Bertz CT molecular complexity index is 607. The summed E-state index contributed by atoms with van der Waals surface area (Å²) in [5.74, 6) is 1.22. The van der Waals surface area contributed by atoms with Crippen molar-refractivity contribution in [3.8, 4) is 11.6 Å². The molecule has 20 heavy (non-hydrogen) atoms. The van der Waals surface area contributed by atoms with E-state index >= 15 is 0 Å². The highest BCUT2D eigenvalue weighted by Crippen LogP contribution is 2.29. The van der Waals surface area contributed by atoms with Crippen LogP contribution in [0, 0.1) is 5.82 Å². The van der Waals surface area contributed by atoms with Gasteiger partial charge >= 0.3 is 0 Å². The predicted octanol–water partition coefficient (Wildman–Crippen LogP) is 4.16. The van der Waals surface area contributed by atoms with E-state index in [-0.39, 0.29) is 5.82 Å². The topological polar surface area (TPSA) is 47.0 Å². The Kier molecular flexibility index (Phi) is 4.89. The molecule has 2 rings (SSSR count). The lowest BCUT2D eigenvalue weighted by atomic mass is 10.2. The fourth-order valence-corrected chi connectivity index (χ4v) is 2.02. The van der Waals surface area contributed by atoms with Gasteiger partial charge in [0.15, 0.2) is 0 Å². The van der Waals surface area contributed by atoms with Gasteiger partial charge in [-0.15, -0.1) is 0 Å². The van der Waals surface area contributed by atoms with Crippen LogP contribution in [-0.2, 0) is 6.42 Å². The number of nitrogens with one attached hydrogen (secondary N) is 1. The summed E-state index contributed by atoms with van der Waals surface area (Å²) in [7, 11) is 0. The van der Waals surface area contributed by atoms with Crippen molar-refractivity contribution < 1.29 is 9.13 Å². The minimum absolute atomic E-state index is 0.374. The second kappa shape index (κ2) is 6.65. The number of halogens is 2. The van der Waals surface area contributed by atoms with Crippen LogP contribution < -0.4 is 10.1 Å². The molecule has 0 fully saturated rings. The Morgan fingerprint density at radius 3 is 2.75 bits per heavy atom. The van der Waals surface area contributed by atoms with Crippen molar-refractivity contribution >= 4 is 21.7 Å². The average Bonchev–Trinajstić information content (AvgIpc) is 2.44. The van der Waals surface area contributed by atoms with E-state index in [0.717, 1.165) is 24.3 Å². The second-order valence-electron chi connectivity index (χ2n) is 4.07. The number of benzene rings is 1. The van der Waals surface area contributed by atoms with Crippen LogP contribution in [0.5, 0.6) is 11.6 Å². The molecule has 1 aromatic carbocycles. The van der Waals surface area contributed by atoms with Gasteiger partial charge in [0, 0.05) is 12.6 Å². The third-order valence-electron chi connectivity index (χ3n) is 2.71. The normalized spacial score (nSPS) is 10.4. The van der Waals surface area contributed by atoms with Gasteiger partial charge in [-0.2, -0.15) is 0 Å². The van der Waals surface area contributed by atoms with Crippen LogP contribution in [0.1, 0.15) is 19.4 Å². The Morgan fingerprint density at radius 1 is 1.30 bits per heavy atom. The molecule has 0 amide bonds. The number of nitrogens with zero attached hydrogens (tertiary/aromatic N) is 2. The first kappa shape index (κ1) is 14.7. The van der Waals surface area contributed by atoms with Crippen molar-refractivity contribution in [1.29, 1.82) is 0 Å². The summed E-state index contributed by atoms with van der Waals surface area (Å²) in [5.41, 5.74) is 0.873. The van der Waals surface area contributed by atoms with E-state index in [2.05, 4.69) is 31.2 Å². The van der Waals surface area contributed by atoms with Crippen LogP contribution in [0.3, 0.4) is 0 Å².